The SMILES string of the molecule is c1ccc(-c2cc(-c3cc(-c4ccc(-c5nc(-c6ccccc6)nc(-c6ccccc6)n5)cc4)c4c(c3)oc3ccccc34)nc(-c3ccccc3)n2)cc1. The number of aromatic nitrogens is 5. The number of rotatable bonds is 7. The number of fused-ring (bicyclic) bond motifs is 3. The van der Waals surface area contributed by atoms with Gasteiger partial charge in [0.05, 0.1) is 11.4 Å². The Balaban J connectivity index is 1.13. The van der Waals surface area contributed by atoms with Gasteiger partial charge in [-0.05, 0) is 35.4 Å². The van der Waals surface area contributed by atoms with E-state index in [1.54, 1.807) is 0 Å². The van der Waals surface area contributed by atoms with E-state index in [-0.39, 0.29) is 0 Å². The van der Waals surface area contributed by atoms with Crippen LogP contribution in [0, 0.1) is 0 Å². The van der Waals surface area contributed by atoms with Gasteiger partial charge in [0, 0.05) is 44.2 Å². The van der Waals surface area contributed by atoms with Crippen molar-refractivity contribution in [1.29, 1.82) is 0 Å². The van der Waals surface area contributed by atoms with Crippen LogP contribution in [0.15, 0.2) is 192 Å². The van der Waals surface area contributed by atoms with E-state index >= 15 is 0 Å². The van der Waals surface area contributed by atoms with E-state index in [0.29, 0.717) is 23.3 Å². The van der Waals surface area contributed by atoms with E-state index in [0.717, 1.165) is 77.8 Å². The van der Waals surface area contributed by atoms with Crippen LogP contribution in [0.4, 0.5) is 0 Å². The second kappa shape index (κ2) is 13.8. The van der Waals surface area contributed by atoms with Crippen molar-refractivity contribution in [2.24, 2.45) is 0 Å². The molecule has 55 heavy (non-hydrogen) atoms. The summed E-state index contributed by atoms with van der Waals surface area (Å²) in [6, 6.07) is 63.4. The molecule has 0 amide bonds. The number of benzene rings is 7. The molecular formula is C49H31N5O. The molecule has 0 aliphatic carbocycles. The standard InChI is InChI=1S/C49H31N5O/c1-5-15-33(16-6-1)41-31-42(51-46(50-41)34-17-7-2-8-18-34)38-29-40(45-39-23-13-14-24-43(39)55-44(45)30-38)32-25-27-37(28-26-32)49-53-47(35-19-9-3-10-20-35)52-48(54-49)36-21-11-4-12-22-36/h1-31H. The third-order valence-electron chi connectivity index (χ3n) is 9.76. The summed E-state index contributed by atoms with van der Waals surface area (Å²) in [5, 5.41) is 2.10. The highest BCUT2D eigenvalue weighted by molar-refractivity contribution is 6.13. The predicted octanol–water partition coefficient (Wildman–Crippen LogP) is 12.2. The smallest absolute Gasteiger partial charge is 0.164 e. The maximum Gasteiger partial charge on any atom is 0.164 e. The molecule has 3 heterocycles. The third kappa shape index (κ3) is 6.22. The third-order valence-corrected chi connectivity index (χ3v) is 9.76. The van der Waals surface area contributed by atoms with Gasteiger partial charge in [0.1, 0.15) is 11.2 Å². The molecular weight excluding hydrogens is 675 g/mol. The average Bonchev–Trinajstić information content (AvgIpc) is 3.66. The molecule has 0 spiro atoms. The molecule has 10 aromatic rings. The quantitative estimate of drug-likeness (QED) is 0.164. The van der Waals surface area contributed by atoms with Crippen LogP contribution in [0.25, 0.3) is 101 Å². The van der Waals surface area contributed by atoms with E-state index in [2.05, 4.69) is 66.7 Å². The van der Waals surface area contributed by atoms with Gasteiger partial charge in [-0.1, -0.05) is 164 Å². The van der Waals surface area contributed by atoms with Crippen LogP contribution in [0.2, 0.25) is 0 Å². The maximum atomic E-state index is 6.54. The zero-order valence-corrected chi connectivity index (χ0v) is 29.5. The Morgan fingerprint density at radius 2 is 0.709 bits per heavy atom. The summed E-state index contributed by atoms with van der Waals surface area (Å²) in [6.07, 6.45) is 0. The minimum Gasteiger partial charge on any atom is -0.456 e. The van der Waals surface area contributed by atoms with Crippen molar-refractivity contribution in [1.82, 2.24) is 24.9 Å². The van der Waals surface area contributed by atoms with Crippen LogP contribution < -0.4 is 0 Å². The molecule has 6 heteroatoms. The van der Waals surface area contributed by atoms with Crippen molar-refractivity contribution >= 4 is 21.9 Å². The van der Waals surface area contributed by atoms with Gasteiger partial charge in [0.15, 0.2) is 23.3 Å². The molecule has 258 valence electrons. The maximum absolute atomic E-state index is 6.54. The summed E-state index contributed by atoms with van der Waals surface area (Å²) in [5.41, 5.74) is 11.0. The highest BCUT2D eigenvalue weighted by Crippen LogP contribution is 2.41. The Morgan fingerprint density at radius 1 is 0.291 bits per heavy atom. The molecule has 0 aliphatic rings. The Labute approximate surface area is 317 Å². The van der Waals surface area contributed by atoms with Gasteiger partial charge in [0.25, 0.3) is 0 Å². The molecule has 0 atom stereocenters. The minimum absolute atomic E-state index is 0.606. The Bertz CT molecular complexity index is 2830. The lowest BCUT2D eigenvalue weighted by Gasteiger charge is -2.12. The van der Waals surface area contributed by atoms with Crippen molar-refractivity contribution in [3.8, 4) is 79.2 Å². The molecule has 10 rings (SSSR count). The van der Waals surface area contributed by atoms with Crippen LogP contribution in [-0.4, -0.2) is 24.9 Å². The summed E-state index contributed by atoms with van der Waals surface area (Å²) in [4.78, 5) is 24.9. The number of furan rings is 1. The number of nitrogens with zero attached hydrogens (tertiary/aromatic N) is 5. The molecule has 0 bridgehead atoms. The van der Waals surface area contributed by atoms with E-state index in [1.807, 2.05) is 121 Å². The van der Waals surface area contributed by atoms with Crippen molar-refractivity contribution in [2.75, 3.05) is 0 Å². The van der Waals surface area contributed by atoms with E-state index in [9.17, 15) is 0 Å². The van der Waals surface area contributed by atoms with Crippen LogP contribution in [-0.2, 0) is 0 Å². The molecule has 0 fully saturated rings. The van der Waals surface area contributed by atoms with E-state index in [4.69, 9.17) is 29.3 Å². The molecule has 0 unspecified atom stereocenters. The first-order valence-corrected chi connectivity index (χ1v) is 18.2. The van der Waals surface area contributed by atoms with Crippen molar-refractivity contribution in [3.05, 3.63) is 188 Å². The summed E-state index contributed by atoms with van der Waals surface area (Å²) in [5.74, 6) is 2.52. The molecule has 6 nitrogen and oxygen atoms in total. The lowest BCUT2D eigenvalue weighted by molar-refractivity contribution is 0.669. The Morgan fingerprint density at radius 3 is 1.25 bits per heavy atom. The zero-order valence-electron chi connectivity index (χ0n) is 29.5. The van der Waals surface area contributed by atoms with Gasteiger partial charge < -0.3 is 4.42 Å². The second-order valence-corrected chi connectivity index (χ2v) is 13.3. The molecule has 0 aliphatic heterocycles. The fourth-order valence-corrected chi connectivity index (χ4v) is 7.03. The first-order valence-electron chi connectivity index (χ1n) is 18.2. The molecule has 0 saturated heterocycles. The van der Waals surface area contributed by atoms with E-state index in [1.165, 1.54) is 0 Å². The fourth-order valence-electron chi connectivity index (χ4n) is 7.03. The zero-order chi connectivity index (χ0) is 36.6. The van der Waals surface area contributed by atoms with Gasteiger partial charge in [-0.3, -0.25) is 0 Å². The predicted molar refractivity (Wildman–Crippen MR) is 221 cm³/mol. The topological polar surface area (TPSA) is 77.6 Å². The van der Waals surface area contributed by atoms with E-state index < -0.39 is 0 Å². The van der Waals surface area contributed by atoms with Crippen LogP contribution in [0.3, 0.4) is 0 Å². The minimum atomic E-state index is 0.606. The largest absolute Gasteiger partial charge is 0.456 e. The average molecular weight is 706 g/mol. The molecule has 0 saturated carbocycles. The Hall–Kier alpha value is -7.57. The molecule has 3 aromatic heterocycles. The van der Waals surface area contributed by atoms with Crippen molar-refractivity contribution in [2.45, 2.75) is 0 Å². The molecule has 0 radical (unpaired) electrons. The molecule has 0 N–H and O–H groups in total. The lowest BCUT2D eigenvalue weighted by atomic mass is 9.95. The van der Waals surface area contributed by atoms with Crippen LogP contribution in [0.5, 0.6) is 0 Å². The summed E-state index contributed by atoms with van der Waals surface area (Å²) in [6.45, 7) is 0. The Kier molecular flexibility index (Phi) is 8.04. The molecule has 7 aromatic carbocycles. The van der Waals surface area contributed by atoms with Gasteiger partial charge >= 0.3 is 0 Å². The summed E-state index contributed by atoms with van der Waals surface area (Å²) in [7, 11) is 0. The number of para-hydroxylation sites is 1. The lowest BCUT2D eigenvalue weighted by Crippen LogP contribution is -2.00. The second-order valence-electron chi connectivity index (χ2n) is 13.3. The van der Waals surface area contributed by atoms with Gasteiger partial charge in [-0.25, -0.2) is 24.9 Å². The normalized spacial score (nSPS) is 11.3. The number of hydrogen-bond acceptors (Lipinski definition) is 6. The first kappa shape index (κ1) is 32.1. The summed E-state index contributed by atoms with van der Waals surface area (Å²) < 4.78 is 6.54. The van der Waals surface area contributed by atoms with Gasteiger partial charge in [-0.2, -0.15) is 0 Å². The first-order chi connectivity index (χ1) is 27.2. The van der Waals surface area contributed by atoms with Crippen LogP contribution in [0.1, 0.15) is 0 Å². The highest BCUT2D eigenvalue weighted by atomic mass is 16.3. The van der Waals surface area contributed by atoms with Gasteiger partial charge in [-0.15, -0.1) is 0 Å². The summed E-state index contributed by atoms with van der Waals surface area (Å²) >= 11 is 0. The number of hydrogen-bond donors (Lipinski definition) is 0. The van der Waals surface area contributed by atoms with Crippen LogP contribution >= 0.6 is 0 Å². The fraction of sp³-hybridized carbons (Fsp3) is 0. The van der Waals surface area contributed by atoms with Gasteiger partial charge in [0.2, 0.25) is 0 Å². The van der Waals surface area contributed by atoms with Crippen molar-refractivity contribution in [3.63, 3.8) is 0 Å². The van der Waals surface area contributed by atoms with Crippen molar-refractivity contribution < 1.29 is 4.42 Å². The monoisotopic (exact) mass is 705 g/mol. The highest BCUT2D eigenvalue weighted by Gasteiger charge is 2.19.